The van der Waals surface area contributed by atoms with Crippen molar-refractivity contribution in [1.82, 2.24) is 5.32 Å². The van der Waals surface area contributed by atoms with Gasteiger partial charge in [-0.2, -0.15) is 11.8 Å². The topological polar surface area (TPSA) is 64.4 Å². The van der Waals surface area contributed by atoms with Crippen molar-refractivity contribution < 1.29 is 9.66 Å². The predicted molar refractivity (Wildman–Crippen MR) is 88.1 cm³/mol. The zero-order valence-electron chi connectivity index (χ0n) is 12.9. The van der Waals surface area contributed by atoms with Gasteiger partial charge >= 0.3 is 5.69 Å². The van der Waals surface area contributed by atoms with Crippen LogP contribution in [0.15, 0.2) is 18.2 Å². The van der Waals surface area contributed by atoms with Gasteiger partial charge in [0.1, 0.15) is 0 Å². The van der Waals surface area contributed by atoms with Crippen molar-refractivity contribution in [1.29, 1.82) is 0 Å². The monoisotopic (exact) mass is 312 g/mol. The number of benzene rings is 1. The molecule has 0 fully saturated rings. The Kier molecular flexibility index (Phi) is 8.15. The lowest BCUT2D eigenvalue weighted by Gasteiger charge is -2.10. The normalized spacial score (nSPS) is 10.9. The van der Waals surface area contributed by atoms with Crippen LogP contribution in [0.5, 0.6) is 5.75 Å². The van der Waals surface area contributed by atoms with Crippen LogP contribution in [-0.2, 0) is 6.54 Å². The molecule has 0 saturated carbocycles. The minimum atomic E-state index is -0.395. The summed E-state index contributed by atoms with van der Waals surface area (Å²) in [4.78, 5) is 10.6. The van der Waals surface area contributed by atoms with Gasteiger partial charge in [-0.3, -0.25) is 10.1 Å². The lowest BCUT2D eigenvalue weighted by molar-refractivity contribution is -0.385. The smallest absolute Gasteiger partial charge is 0.310 e. The van der Waals surface area contributed by atoms with Crippen molar-refractivity contribution >= 4 is 17.4 Å². The van der Waals surface area contributed by atoms with Crippen molar-refractivity contribution in [2.75, 3.05) is 24.7 Å². The van der Waals surface area contributed by atoms with E-state index in [-0.39, 0.29) is 5.69 Å². The average molecular weight is 312 g/mol. The van der Waals surface area contributed by atoms with Gasteiger partial charge in [0, 0.05) is 18.4 Å². The molecule has 0 aromatic heterocycles. The summed E-state index contributed by atoms with van der Waals surface area (Å²) in [5.74, 6) is 2.79. The van der Waals surface area contributed by atoms with Crippen LogP contribution in [0.4, 0.5) is 5.69 Å². The van der Waals surface area contributed by atoms with Gasteiger partial charge in [-0.15, -0.1) is 0 Å². The van der Waals surface area contributed by atoms with E-state index in [1.165, 1.54) is 6.07 Å². The number of hydrogen-bond donors (Lipinski definition) is 1. The number of nitro benzene ring substituents is 1. The van der Waals surface area contributed by atoms with E-state index in [0.717, 1.165) is 23.6 Å². The molecule has 1 aromatic rings. The standard InChI is InChI=1S/C15H24N2O3S/c1-4-21-8-7-20-15-9-13(11-16-10-12(2)3)5-6-14(15)17(18)19/h5-6,9,12,16H,4,7-8,10-11H2,1-3H3. The number of nitro groups is 1. The summed E-state index contributed by atoms with van der Waals surface area (Å²) in [5, 5.41) is 14.4. The maximum atomic E-state index is 11.0. The van der Waals surface area contributed by atoms with Gasteiger partial charge in [0.05, 0.1) is 11.5 Å². The zero-order chi connectivity index (χ0) is 15.7. The quantitative estimate of drug-likeness (QED) is 0.407. The molecule has 0 bridgehead atoms. The molecule has 0 radical (unpaired) electrons. The Hall–Kier alpha value is -1.27. The molecule has 1 rings (SSSR count). The highest BCUT2D eigenvalue weighted by Gasteiger charge is 2.15. The van der Waals surface area contributed by atoms with Crippen molar-refractivity contribution in [2.45, 2.75) is 27.3 Å². The largest absolute Gasteiger partial charge is 0.486 e. The molecule has 6 heteroatoms. The fourth-order valence-corrected chi connectivity index (χ4v) is 2.28. The van der Waals surface area contributed by atoms with E-state index in [0.29, 0.717) is 24.8 Å². The highest BCUT2D eigenvalue weighted by atomic mass is 32.2. The molecule has 0 spiro atoms. The Labute approximate surface area is 130 Å². The first kappa shape index (κ1) is 17.8. The maximum absolute atomic E-state index is 11.0. The number of thioether (sulfide) groups is 1. The van der Waals surface area contributed by atoms with E-state index in [2.05, 4.69) is 26.1 Å². The van der Waals surface area contributed by atoms with Crippen molar-refractivity contribution in [3.8, 4) is 5.75 Å². The number of rotatable bonds is 10. The van der Waals surface area contributed by atoms with Crippen LogP contribution in [-0.4, -0.2) is 29.6 Å². The molecular weight excluding hydrogens is 288 g/mol. The summed E-state index contributed by atoms with van der Waals surface area (Å²) in [6, 6.07) is 5.07. The summed E-state index contributed by atoms with van der Waals surface area (Å²) in [6.45, 7) is 8.46. The first-order valence-corrected chi connectivity index (χ1v) is 8.38. The summed E-state index contributed by atoms with van der Waals surface area (Å²) >= 11 is 1.76. The van der Waals surface area contributed by atoms with E-state index < -0.39 is 4.92 Å². The Balaban J connectivity index is 2.68. The molecule has 21 heavy (non-hydrogen) atoms. The second-order valence-electron chi connectivity index (χ2n) is 5.13. The second-order valence-corrected chi connectivity index (χ2v) is 6.52. The Morgan fingerprint density at radius 3 is 2.81 bits per heavy atom. The van der Waals surface area contributed by atoms with Crippen molar-refractivity contribution in [3.05, 3.63) is 33.9 Å². The minimum absolute atomic E-state index is 0.0316. The molecule has 5 nitrogen and oxygen atoms in total. The fraction of sp³-hybridized carbons (Fsp3) is 0.600. The van der Waals surface area contributed by atoms with Gasteiger partial charge in [-0.25, -0.2) is 0 Å². The summed E-state index contributed by atoms with van der Waals surface area (Å²) in [5.41, 5.74) is 1.03. The second kappa shape index (κ2) is 9.63. The molecule has 118 valence electrons. The van der Waals surface area contributed by atoms with Gasteiger partial charge in [0.2, 0.25) is 0 Å². The third-order valence-corrected chi connectivity index (χ3v) is 3.66. The lowest BCUT2D eigenvalue weighted by atomic mass is 10.1. The molecule has 0 heterocycles. The van der Waals surface area contributed by atoms with Crippen LogP contribution in [0.2, 0.25) is 0 Å². The molecule has 1 N–H and O–H groups in total. The minimum Gasteiger partial charge on any atom is -0.486 e. The van der Waals surface area contributed by atoms with Crippen LogP contribution in [0.1, 0.15) is 26.3 Å². The third kappa shape index (κ3) is 6.82. The predicted octanol–water partition coefficient (Wildman–Crippen LogP) is 3.47. The van der Waals surface area contributed by atoms with E-state index in [1.807, 2.05) is 0 Å². The van der Waals surface area contributed by atoms with E-state index >= 15 is 0 Å². The van der Waals surface area contributed by atoms with Gasteiger partial charge in [-0.05, 0) is 29.8 Å². The van der Waals surface area contributed by atoms with Crippen LogP contribution in [0.25, 0.3) is 0 Å². The summed E-state index contributed by atoms with van der Waals surface area (Å²) < 4.78 is 5.58. The van der Waals surface area contributed by atoms with Crippen molar-refractivity contribution in [2.24, 2.45) is 5.92 Å². The number of nitrogens with one attached hydrogen (secondary N) is 1. The average Bonchev–Trinajstić information content (AvgIpc) is 2.43. The van der Waals surface area contributed by atoms with E-state index in [1.54, 1.807) is 23.9 Å². The summed E-state index contributed by atoms with van der Waals surface area (Å²) in [6.07, 6.45) is 0. The molecule has 1 aromatic carbocycles. The highest BCUT2D eigenvalue weighted by Crippen LogP contribution is 2.28. The third-order valence-electron chi connectivity index (χ3n) is 2.79. The lowest BCUT2D eigenvalue weighted by Crippen LogP contribution is -2.19. The first-order chi connectivity index (χ1) is 10.0. The molecule has 0 atom stereocenters. The Bertz CT molecular complexity index is 453. The van der Waals surface area contributed by atoms with E-state index in [9.17, 15) is 10.1 Å². The maximum Gasteiger partial charge on any atom is 0.310 e. The van der Waals surface area contributed by atoms with Crippen LogP contribution >= 0.6 is 11.8 Å². The summed E-state index contributed by atoms with van der Waals surface area (Å²) in [7, 11) is 0. The molecular formula is C15H24N2O3S. The molecule has 0 aliphatic heterocycles. The SMILES string of the molecule is CCSCCOc1cc(CNCC(C)C)ccc1[N+](=O)[O-]. The number of ether oxygens (including phenoxy) is 1. The number of hydrogen-bond acceptors (Lipinski definition) is 5. The highest BCUT2D eigenvalue weighted by molar-refractivity contribution is 7.99. The molecule has 0 aliphatic rings. The zero-order valence-corrected chi connectivity index (χ0v) is 13.7. The van der Waals surface area contributed by atoms with Crippen molar-refractivity contribution in [3.63, 3.8) is 0 Å². The molecule has 0 saturated heterocycles. The van der Waals surface area contributed by atoms with Crippen LogP contribution in [0.3, 0.4) is 0 Å². The first-order valence-electron chi connectivity index (χ1n) is 7.23. The van der Waals surface area contributed by atoms with Gasteiger partial charge < -0.3 is 10.1 Å². The Morgan fingerprint density at radius 1 is 1.43 bits per heavy atom. The number of nitrogens with zero attached hydrogens (tertiary/aromatic N) is 1. The van der Waals surface area contributed by atoms with E-state index in [4.69, 9.17) is 4.74 Å². The fourth-order valence-electron chi connectivity index (χ4n) is 1.80. The van der Waals surface area contributed by atoms with Crippen LogP contribution in [0, 0.1) is 16.0 Å². The van der Waals surface area contributed by atoms with Gasteiger partial charge in [-0.1, -0.05) is 26.8 Å². The molecule has 0 amide bonds. The molecule has 0 unspecified atom stereocenters. The molecule has 0 aliphatic carbocycles. The van der Waals surface area contributed by atoms with Gasteiger partial charge in [0.15, 0.2) is 5.75 Å². The van der Waals surface area contributed by atoms with Gasteiger partial charge in [0.25, 0.3) is 0 Å². The Morgan fingerprint density at radius 2 is 2.19 bits per heavy atom. The van der Waals surface area contributed by atoms with Crippen LogP contribution < -0.4 is 10.1 Å².